The van der Waals surface area contributed by atoms with E-state index in [1.54, 1.807) is 0 Å². The standard InChI is InChI=1S/C18H16N2O/c1-3-10-21-18-7-5-4-6-16(18)13-20-17-11-15(12-19)9-8-14(17)2/h1,4-9,11,20H,10,13H2,2H3. The van der Waals surface area contributed by atoms with Gasteiger partial charge in [0.25, 0.3) is 0 Å². The van der Waals surface area contributed by atoms with Gasteiger partial charge in [0.1, 0.15) is 12.4 Å². The lowest BCUT2D eigenvalue weighted by molar-refractivity contribution is 0.366. The number of terminal acetylenes is 1. The molecule has 2 rings (SSSR count). The number of aryl methyl sites for hydroxylation is 1. The van der Waals surface area contributed by atoms with E-state index in [1.165, 1.54) is 0 Å². The van der Waals surface area contributed by atoms with E-state index in [9.17, 15) is 0 Å². The molecule has 0 amide bonds. The Labute approximate surface area is 125 Å². The molecule has 1 N–H and O–H groups in total. The lowest BCUT2D eigenvalue weighted by Crippen LogP contribution is -2.04. The number of nitrogens with zero attached hydrogens (tertiary/aromatic N) is 1. The monoisotopic (exact) mass is 276 g/mol. The zero-order chi connectivity index (χ0) is 15.1. The summed E-state index contributed by atoms with van der Waals surface area (Å²) >= 11 is 0. The fourth-order valence-corrected chi connectivity index (χ4v) is 1.98. The molecule has 0 saturated carbocycles. The van der Waals surface area contributed by atoms with Crippen molar-refractivity contribution in [1.29, 1.82) is 5.26 Å². The summed E-state index contributed by atoms with van der Waals surface area (Å²) in [5, 5.41) is 12.3. The molecular formula is C18H16N2O. The highest BCUT2D eigenvalue weighted by molar-refractivity contribution is 5.55. The minimum Gasteiger partial charge on any atom is -0.481 e. The number of hydrogen-bond donors (Lipinski definition) is 1. The van der Waals surface area contributed by atoms with Crippen LogP contribution in [0.5, 0.6) is 5.75 Å². The summed E-state index contributed by atoms with van der Waals surface area (Å²) in [6.45, 7) is 2.86. The summed E-state index contributed by atoms with van der Waals surface area (Å²) in [5.74, 6) is 3.24. The van der Waals surface area contributed by atoms with Crippen LogP contribution in [0.3, 0.4) is 0 Å². The number of rotatable bonds is 5. The van der Waals surface area contributed by atoms with Crippen molar-refractivity contribution < 1.29 is 4.74 Å². The van der Waals surface area contributed by atoms with Crippen molar-refractivity contribution in [3.05, 3.63) is 59.2 Å². The summed E-state index contributed by atoms with van der Waals surface area (Å²) < 4.78 is 5.52. The van der Waals surface area contributed by atoms with Gasteiger partial charge in [0.05, 0.1) is 11.6 Å². The van der Waals surface area contributed by atoms with Crippen LogP contribution >= 0.6 is 0 Å². The Morgan fingerprint density at radius 1 is 1.24 bits per heavy atom. The van der Waals surface area contributed by atoms with Crippen LogP contribution in [-0.4, -0.2) is 6.61 Å². The highest BCUT2D eigenvalue weighted by atomic mass is 16.5. The van der Waals surface area contributed by atoms with Gasteiger partial charge < -0.3 is 10.1 Å². The Bertz CT molecular complexity index is 708. The molecule has 0 atom stereocenters. The van der Waals surface area contributed by atoms with Gasteiger partial charge in [-0.2, -0.15) is 5.26 Å². The van der Waals surface area contributed by atoms with E-state index in [-0.39, 0.29) is 6.61 Å². The summed E-state index contributed by atoms with van der Waals surface area (Å²) in [7, 11) is 0. The summed E-state index contributed by atoms with van der Waals surface area (Å²) in [5.41, 5.74) is 3.70. The SMILES string of the molecule is C#CCOc1ccccc1CNc1cc(C#N)ccc1C. The first kappa shape index (κ1) is 14.5. The maximum absolute atomic E-state index is 8.96. The lowest BCUT2D eigenvalue weighted by Gasteiger charge is -2.13. The second-order valence-corrected chi connectivity index (χ2v) is 4.60. The largest absolute Gasteiger partial charge is 0.481 e. The Hall–Kier alpha value is -2.91. The van der Waals surface area contributed by atoms with Crippen molar-refractivity contribution in [3.8, 4) is 24.2 Å². The average Bonchev–Trinajstić information content (AvgIpc) is 2.53. The Kier molecular flexibility index (Phi) is 4.85. The maximum Gasteiger partial charge on any atom is 0.148 e. The van der Waals surface area contributed by atoms with Gasteiger partial charge in [0, 0.05) is 17.8 Å². The van der Waals surface area contributed by atoms with Crippen molar-refractivity contribution in [2.24, 2.45) is 0 Å². The van der Waals surface area contributed by atoms with Gasteiger partial charge in [0.15, 0.2) is 0 Å². The highest BCUT2D eigenvalue weighted by Gasteiger charge is 2.04. The van der Waals surface area contributed by atoms with Crippen LogP contribution in [0.1, 0.15) is 16.7 Å². The summed E-state index contributed by atoms with van der Waals surface area (Å²) in [6.07, 6.45) is 5.22. The van der Waals surface area contributed by atoms with E-state index in [4.69, 9.17) is 16.4 Å². The third-order valence-electron chi connectivity index (χ3n) is 3.12. The van der Waals surface area contributed by atoms with Gasteiger partial charge in [-0.1, -0.05) is 30.2 Å². The Morgan fingerprint density at radius 3 is 2.81 bits per heavy atom. The average molecular weight is 276 g/mol. The molecule has 104 valence electrons. The highest BCUT2D eigenvalue weighted by Crippen LogP contribution is 2.21. The van der Waals surface area contributed by atoms with Crippen LogP contribution in [0.2, 0.25) is 0 Å². The minimum atomic E-state index is 0.250. The molecule has 0 fully saturated rings. The molecule has 0 bridgehead atoms. The van der Waals surface area contributed by atoms with E-state index in [0.717, 1.165) is 22.6 Å². The maximum atomic E-state index is 8.96. The number of para-hydroxylation sites is 1. The predicted molar refractivity (Wildman–Crippen MR) is 84.0 cm³/mol. The third-order valence-corrected chi connectivity index (χ3v) is 3.12. The number of nitriles is 1. The number of nitrogens with one attached hydrogen (secondary N) is 1. The molecule has 3 nitrogen and oxygen atoms in total. The molecular weight excluding hydrogens is 260 g/mol. The van der Waals surface area contributed by atoms with Gasteiger partial charge in [0.2, 0.25) is 0 Å². The first-order chi connectivity index (χ1) is 10.2. The molecule has 21 heavy (non-hydrogen) atoms. The molecule has 2 aromatic rings. The molecule has 0 spiro atoms. The zero-order valence-electron chi connectivity index (χ0n) is 11.9. The van der Waals surface area contributed by atoms with Gasteiger partial charge in [-0.05, 0) is 30.7 Å². The second kappa shape index (κ2) is 7.03. The topological polar surface area (TPSA) is 45.0 Å². The van der Waals surface area contributed by atoms with Gasteiger partial charge in [-0.3, -0.25) is 0 Å². The van der Waals surface area contributed by atoms with Crippen molar-refractivity contribution in [2.75, 3.05) is 11.9 Å². The van der Waals surface area contributed by atoms with E-state index < -0.39 is 0 Å². The van der Waals surface area contributed by atoms with Crippen molar-refractivity contribution in [1.82, 2.24) is 0 Å². The van der Waals surface area contributed by atoms with Gasteiger partial charge >= 0.3 is 0 Å². The lowest BCUT2D eigenvalue weighted by atomic mass is 10.1. The third kappa shape index (κ3) is 3.78. The number of ether oxygens (including phenoxy) is 1. The Morgan fingerprint density at radius 2 is 2.05 bits per heavy atom. The molecule has 0 radical (unpaired) electrons. The normalized spacial score (nSPS) is 9.48. The molecule has 0 heterocycles. The molecule has 3 heteroatoms. The Balaban J connectivity index is 2.14. The van der Waals surface area contributed by atoms with Crippen molar-refractivity contribution in [3.63, 3.8) is 0 Å². The second-order valence-electron chi connectivity index (χ2n) is 4.60. The first-order valence-corrected chi connectivity index (χ1v) is 6.63. The molecule has 0 unspecified atom stereocenters. The summed E-state index contributed by atoms with van der Waals surface area (Å²) in [6, 6.07) is 15.5. The van der Waals surface area contributed by atoms with Crippen LogP contribution in [-0.2, 0) is 6.54 Å². The van der Waals surface area contributed by atoms with Crippen LogP contribution in [0.25, 0.3) is 0 Å². The van der Waals surface area contributed by atoms with Gasteiger partial charge in [-0.15, -0.1) is 6.42 Å². The van der Waals surface area contributed by atoms with E-state index >= 15 is 0 Å². The van der Waals surface area contributed by atoms with Crippen LogP contribution in [0.15, 0.2) is 42.5 Å². The summed E-state index contributed by atoms with van der Waals surface area (Å²) in [4.78, 5) is 0. The molecule has 0 aliphatic heterocycles. The number of anilines is 1. The zero-order valence-corrected chi connectivity index (χ0v) is 11.9. The minimum absolute atomic E-state index is 0.250. The number of hydrogen-bond acceptors (Lipinski definition) is 3. The predicted octanol–water partition coefficient (Wildman–Crippen LogP) is 3.49. The van der Waals surface area contributed by atoms with Gasteiger partial charge in [-0.25, -0.2) is 0 Å². The van der Waals surface area contributed by atoms with Crippen LogP contribution < -0.4 is 10.1 Å². The van der Waals surface area contributed by atoms with E-state index in [0.29, 0.717) is 12.1 Å². The molecule has 0 aliphatic rings. The fourth-order valence-electron chi connectivity index (χ4n) is 1.98. The van der Waals surface area contributed by atoms with Crippen molar-refractivity contribution in [2.45, 2.75) is 13.5 Å². The molecule has 2 aromatic carbocycles. The molecule has 0 aromatic heterocycles. The smallest absolute Gasteiger partial charge is 0.148 e. The molecule has 0 aliphatic carbocycles. The fraction of sp³-hybridized carbons (Fsp3) is 0.167. The van der Waals surface area contributed by atoms with Crippen molar-refractivity contribution >= 4 is 5.69 Å². The first-order valence-electron chi connectivity index (χ1n) is 6.63. The van der Waals surface area contributed by atoms with E-state index in [1.807, 2.05) is 49.4 Å². The quantitative estimate of drug-likeness (QED) is 0.850. The van der Waals surface area contributed by atoms with Crippen LogP contribution in [0, 0.1) is 30.6 Å². The van der Waals surface area contributed by atoms with E-state index in [2.05, 4.69) is 17.3 Å². The number of benzene rings is 2. The molecule has 0 saturated heterocycles. The van der Waals surface area contributed by atoms with Crippen LogP contribution in [0.4, 0.5) is 5.69 Å².